The molecule has 0 bridgehead atoms. The van der Waals surface area contributed by atoms with E-state index in [1.54, 1.807) is 13.3 Å². The van der Waals surface area contributed by atoms with Gasteiger partial charge in [0, 0.05) is 23.8 Å². The number of anilines is 2. The number of rotatable bonds is 4. The standard InChI is InChI=1S/C16H15N3O/c1-20-15-9-7-13(8-10-15)18-16-17-11-12-19(16)14-5-3-2-4-6-14/h2-12H,1H3,(H,17,18). The van der Waals surface area contributed by atoms with Crippen LogP contribution in [0.1, 0.15) is 0 Å². The molecule has 3 rings (SSSR count). The van der Waals surface area contributed by atoms with Crippen LogP contribution in [0.4, 0.5) is 11.6 Å². The summed E-state index contributed by atoms with van der Waals surface area (Å²) in [5, 5.41) is 3.30. The first-order valence-corrected chi connectivity index (χ1v) is 6.36. The first-order valence-electron chi connectivity index (χ1n) is 6.36. The van der Waals surface area contributed by atoms with Gasteiger partial charge in [0.25, 0.3) is 0 Å². The van der Waals surface area contributed by atoms with Crippen LogP contribution in [0.15, 0.2) is 67.0 Å². The maximum atomic E-state index is 5.15. The molecule has 4 heteroatoms. The summed E-state index contributed by atoms with van der Waals surface area (Å²) in [5.74, 6) is 1.61. The molecule has 0 fully saturated rings. The highest BCUT2D eigenvalue weighted by Crippen LogP contribution is 2.21. The predicted molar refractivity (Wildman–Crippen MR) is 79.8 cm³/mol. The molecule has 100 valence electrons. The molecule has 1 N–H and O–H groups in total. The Labute approximate surface area is 117 Å². The highest BCUT2D eigenvalue weighted by Gasteiger charge is 2.04. The predicted octanol–water partition coefficient (Wildman–Crippen LogP) is 3.62. The van der Waals surface area contributed by atoms with Crippen molar-refractivity contribution in [3.63, 3.8) is 0 Å². The van der Waals surface area contributed by atoms with Crippen molar-refractivity contribution in [3.05, 3.63) is 67.0 Å². The number of nitrogens with one attached hydrogen (secondary N) is 1. The molecule has 20 heavy (non-hydrogen) atoms. The maximum absolute atomic E-state index is 5.15. The molecule has 0 aliphatic rings. The fraction of sp³-hybridized carbons (Fsp3) is 0.0625. The van der Waals surface area contributed by atoms with E-state index in [2.05, 4.69) is 10.3 Å². The molecule has 0 atom stereocenters. The van der Waals surface area contributed by atoms with Gasteiger partial charge in [-0.2, -0.15) is 0 Å². The number of hydrogen-bond acceptors (Lipinski definition) is 3. The van der Waals surface area contributed by atoms with Crippen molar-refractivity contribution >= 4 is 11.6 Å². The van der Waals surface area contributed by atoms with Gasteiger partial charge < -0.3 is 10.1 Å². The first kappa shape index (κ1) is 12.3. The zero-order valence-electron chi connectivity index (χ0n) is 11.2. The molecule has 4 nitrogen and oxygen atoms in total. The Morgan fingerprint density at radius 3 is 2.45 bits per heavy atom. The molecule has 1 heterocycles. The Kier molecular flexibility index (Phi) is 3.37. The lowest BCUT2D eigenvalue weighted by atomic mass is 10.3. The van der Waals surface area contributed by atoms with Crippen LogP contribution in [0.2, 0.25) is 0 Å². The van der Waals surface area contributed by atoms with Crippen LogP contribution in [0, 0.1) is 0 Å². The molecule has 0 saturated carbocycles. The fourth-order valence-electron chi connectivity index (χ4n) is 2.00. The summed E-state index contributed by atoms with van der Waals surface area (Å²) in [5.41, 5.74) is 2.04. The van der Waals surface area contributed by atoms with Crippen LogP contribution < -0.4 is 10.1 Å². The number of para-hydroxylation sites is 1. The number of hydrogen-bond donors (Lipinski definition) is 1. The van der Waals surface area contributed by atoms with Gasteiger partial charge in [0.1, 0.15) is 5.75 Å². The molecular weight excluding hydrogens is 250 g/mol. The molecule has 0 saturated heterocycles. The number of methoxy groups -OCH3 is 1. The molecule has 0 amide bonds. The Balaban J connectivity index is 1.86. The summed E-state index contributed by atoms with van der Waals surface area (Å²) < 4.78 is 7.15. The van der Waals surface area contributed by atoms with Crippen LogP contribution in [0.3, 0.4) is 0 Å². The third-order valence-corrected chi connectivity index (χ3v) is 3.02. The normalized spacial score (nSPS) is 10.2. The monoisotopic (exact) mass is 265 g/mol. The summed E-state index contributed by atoms with van der Waals surface area (Å²) in [4.78, 5) is 4.35. The van der Waals surface area contributed by atoms with Gasteiger partial charge in [-0.1, -0.05) is 18.2 Å². The molecule has 0 unspecified atom stereocenters. The highest BCUT2D eigenvalue weighted by atomic mass is 16.5. The maximum Gasteiger partial charge on any atom is 0.212 e. The van der Waals surface area contributed by atoms with Crippen molar-refractivity contribution in [3.8, 4) is 11.4 Å². The lowest BCUT2D eigenvalue weighted by molar-refractivity contribution is 0.415. The molecular formula is C16H15N3O. The molecule has 0 aliphatic heterocycles. The highest BCUT2D eigenvalue weighted by molar-refractivity contribution is 5.57. The fourth-order valence-corrected chi connectivity index (χ4v) is 2.00. The Bertz CT molecular complexity index is 674. The molecule has 0 spiro atoms. The third-order valence-electron chi connectivity index (χ3n) is 3.02. The number of nitrogens with zero attached hydrogens (tertiary/aromatic N) is 2. The van der Waals surface area contributed by atoms with Crippen molar-refractivity contribution in [1.82, 2.24) is 9.55 Å². The van der Waals surface area contributed by atoms with Crippen LogP contribution >= 0.6 is 0 Å². The van der Waals surface area contributed by atoms with Gasteiger partial charge in [0.05, 0.1) is 7.11 Å². The van der Waals surface area contributed by atoms with Crippen molar-refractivity contribution in [1.29, 1.82) is 0 Å². The van der Waals surface area contributed by atoms with E-state index in [0.717, 1.165) is 23.1 Å². The van der Waals surface area contributed by atoms with E-state index in [1.165, 1.54) is 0 Å². The topological polar surface area (TPSA) is 39.1 Å². The van der Waals surface area contributed by atoms with Gasteiger partial charge in [-0.3, -0.25) is 4.57 Å². The summed E-state index contributed by atoms with van der Waals surface area (Å²) in [6.07, 6.45) is 3.71. The van der Waals surface area contributed by atoms with Crippen LogP contribution in [0.5, 0.6) is 5.75 Å². The lowest BCUT2D eigenvalue weighted by Gasteiger charge is -2.10. The van der Waals surface area contributed by atoms with Crippen LogP contribution in [-0.2, 0) is 0 Å². The average Bonchev–Trinajstić information content (AvgIpc) is 2.97. The lowest BCUT2D eigenvalue weighted by Crippen LogP contribution is -2.00. The van der Waals surface area contributed by atoms with Crippen LogP contribution in [-0.4, -0.2) is 16.7 Å². The Hall–Kier alpha value is -2.75. The number of aromatic nitrogens is 2. The molecule has 3 aromatic rings. The van der Waals surface area contributed by atoms with Crippen LogP contribution in [0.25, 0.3) is 5.69 Å². The number of ether oxygens (including phenoxy) is 1. The molecule has 0 radical (unpaired) electrons. The van der Waals surface area contributed by atoms with E-state index in [0.29, 0.717) is 0 Å². The largest absolute Gasteiger partial charge is 0.497 e. The average molecular weight is 265 g/mol. The minimum absolute atomic E-state index is 0.779. The van der Waals surface area contributed by atoms with Crippen molar-refractivity contribution < 1.29 is 4.74 Å². The molecule has 0 aliphatic carbocycles. The summed E-state index contributed by atoms with van der Waals surface area (Å²) >= 11 is 0. The summed E-state index contributed by atoms with van der Waals surface area (Å²) in [7, 11) is 1.66. The van der Waals surface area contributed by atoms with Crippen molar-refractivity contribution in [2.24, 2.45) is 0 Å². The summed E-state index contributed by atoms with van der Waals surface area (Å²) in [6.45, 7) is 0. The quantitative estimate of drug-likeness (QED) is 0.783. The first-order chi connectivity index (χ1) is 9.86. The van der Waals surface area contributed by atoms with E-state index in [4.69, 9.17) is 4.74 Å². The second-order valence-electron chi connectivity index (χ2n) is 4.31. The van der Waals surface area contributed by atoms with Gasteiger partial charge in [-0.25, -0.2) is 4.98 Å². The van der Waals surface area contributed by atoms with Crippen molar-refractivity contribution in [2.45, 2.75) is 0 Å². The third kappa shape index (κ3) is 2.49. The van der Waals surface area contributed by atoms with Gasteiger partial charge in [0.2, 0.25) is 5.95 Å². The molecule has 2 aromatic carbocycles. The minimum Gasteiger partial charge on any atom is -0.497 e. The van der Waals surface area contributed by atoms with Gasteiger partial charge in [0.15, 0.2) is 0 Å². The zero-order valence-corrected chi connectivity index (χ0v) is 11.2. The van der Waals surface area contributed by atoms with E-state index >= 15 is 0 Å². The van der Waals surface area contributed by atoms with Gasteiger partial charge in [-0.15, -0.1) is 0 Å². The summed E-state index contributed by atoms with van der Waals surface area (Å²) in [6, 6.07) is 17.8. The Morgan fingerprint density at radius 2 is 1.75 bits per heavy atom. The van der Waals surface area contributed by atoms with Gasteiger partial charge >= 0.3 is 0 Å². The molecule has 1 aromatic heterocycles. The number of benzene rings is 2. The second-order valence-corrected chi connectivity index (χ2v) is 4.31. The zero-order chi connectivity index (χ0) is 13.8. The smallest absolute Gasteiger partial charge is 0.212 e. The Morgan fingerprint density at radius 1 is 1.00 bits per heavy atom. The van der Waals surface area contributed by atoms with E-state index < -0.39 is 0 Å². The minimum atomic E-state index is 0.779. The van der Waals surface area contributed by atoms with E-state index in [9.17, 15) is 0 Å². The number of imidazole rings is 1. The second kappa shape index (κ2) is 5.48. The van der Waals surface area contributed by atoms with E-state index in [1.807, 2.05) is 65.4 Å². The SMILES string of the molecule is COc1ccc(Nc2nccn2-c2ccccc2)cc1. The van der Waals surface area contributed by atoms with Gasteiger partial charge in [-0.05, 0) is 36.4 Å². The van der Waals surface area contributed by atoms with E-state index in [-0.39, 0.29) is 0 Å². The van der Waals surface area contributed by atoms with Crippen molar-refractivity contribution in [2.75, 3.05) is 12.4 Å².